The summed E-state index contributed by atoms with van der Waals surface area (Å²) < 4.78 is 5.24. The Kier molecular flexibility index (Phi) is 8.82. The van der Waals surface area contributed by atoms with Gasteiger partial charge in [-0.25, -0.2) is 4.98 Å². The Morgan fingerprint density at radius 3 is 2.70 bits per heavy atom. The molecule has 0 saturated carbocycles. The van der Waals surface area contributed by atoms with Crippen molar-refractivity contribution in [2.75, 3.05) is 32.1 Å². The van der Waals surface area contributed by atoms with E-state index in [-0.39, 0.29) is 0 Å². The molecular weight excluding hydrogens is 270 g/mol. The van der Waals surface area contributed by atoms with E-state index >= 15 is 0 Å². The third kappa shape index (κ3) is 5.77. The number of nitrogens with zero attached hydrogens (tertiary/aromatic N) is 2. The van der Waals surface area contributed by atoms with Crippen LogP contribution in [0, 0.1) is 0 Å². The molecule has 1 N–H and O–H groups in total. The molecule has 0 bridgehead atoms. The van der Waals surface area contributed by atoms with Crippen LogP contribution in [0.5, 0.6) is 0 Å². The maximum Gasteiger partial charge on any atom is 0.182 e. The quantitative estimate of drug-likeness (QED) is 0.677. The summed E-state index contributed by atoms with van der Waals surface area (Å²) in [6.07, 6.45) is 5.49. The first-order chi connectivity index (χ1) is 9.74. The zero-order valence-electron chi connectivity index (χ0n) is 13.3. The van der Waals surface area contributed by atoms with Crippen molar-refractivity contribution in [3.8, 4) is 0 Å². The summed E-state index contributed by atoms with van der Waals surface area (Å²) in [6, 6.07) is 0.624. The third-order valence-electron chi connectivity index (χ3n) is 3.48. The molecule has 0 fully saturated rings. The lowest BCUT2D eigenvalue weighted by molar-refractivity contribution is 0.111. The summed E-state index contributed by atoms with van der Waals surface area (Å²) >= 11 is 1.77. The van der Waals surface area contributed by atoms with Crippen LogP contribution in [0.2, 0.25) is 0 Å². The Labute approximate surface area is 127 Å². The van der Waals surface area contributed by atoms with E-state index in [1.54, 1.807) is 18.4 Å². The van der Waals surface area contributed by atoms with Crippen molar-refractivity contribution < 1.29 is 4.74 Å². The van der Waals surface area contributed by atoms with Crippen molar-refractivity contribution >= 4 is 16.5 Å². The minimum atomic E-state index is 0.624. The summed E-state index contributed by atoms with van der Waals surface area (Å²) in [5.74, 6) is 0. The smallest absolute Gasteiger partial charge is 0.182 e. The first-order valence-corrected chi connectivity index (χ1v) is 8.48. The van der Waals surface area contributed by atoms with Gasteiger partial charge in [0.25, 0.3) is 0 Å². The number of hydrogen-bond donors (Lipinski definition) is 1. The third-order valence-corrected chi connectivity index (χ3v) is 4.42. The maximum atomic E-state index is 5.24. The van der Waals surface area contributed by atoms with Gasteiger partial charge in [-0.3, -0.25) is 4.90 Å². The van der Waals surface area contributed by atoms with Gasteiger partial charge in [0.1, 0.15) is 0 Å². The van der Waals surface area contributed by atoms with Gasteiger partial charge in [-0.15, -0.1) is 11.3 Å². The van der Waals surface area contributed by atoms with Crippen LogP contribution in [0.25, 0.3) is 0 Å². The number of nitrogens with one attached hydrogen (secondary N) is 1. The molecule has 1 rings (SSSR count). The highest BCUT2D eigenvalue weighted by Gasteiger charge is 2.16. The number of rotatable bonds is 11. The van der Waals surface area contributed by atoms with Crippen LogP contribution >= 0.6 is 11.3 Å². The largest absolute Gasteiger partial charge is 0.383 e. The van der Waals surface area contributed by atoms with Gasteiger partial charge in [0, 0.05) is 43.9 Å². The minimum Gasteiger partial charge on any atom is -0.383 e. The number of ether oxygens (including phenoxy) is 1. The van der Waals surface area contributed by atoms with Crippen LogP contribution in [0.4, 0.5) is 5.13 Å². The van der Waals surface area contributed by atoms with E-state index in [1.807, 2.05) is 6.20 Å². The predicted octanol–water partition coefficient (Wildman–Crippen LogP) is 3.60. The standard InChI is InChI=1S/C15H29N3OS/c1-5-8-16-15-17-11-14(20-15)12-18(9-10-19-4)13(6-2)7-3/h11,13H,5-10,12H2,1-4H3,(H,16,17). The second-order valence-electron chi connectivity index (χ2n) is 4.99. The lowest BCUT2D eigenvalue weighted by atomic mass is 10.1. The first-order valence-electron chi connectivity index (χ1n) is 7.66. The predicted molar refractivity (Wildman–Crippen MR) is 87.6 cm³/mol. The van der Waals surface area contributed by atoms with Gasteiger partial charge in [0.2, 0.25) is 0 Å². The van der Waals surface area contributed by atoms with Gasteiger partial charge in [0.15, 0.2) is 5.13 Å². The molecule has 1 aromatic rings. The van der Waals surface area contributed by atoms with Gasteiger partial charge in [-0.1, -0.05) is 20.8 Å². The number of thiazole rings is 1. The van der Waals surface area contributed by atoms with Crippen LogP contribution in [0.1, 0.15) is 44.9 Å². The van der Waals surface area contributed by atoms with E-state index in [1.165, 1.54) is 17.7 Å². The molecule has 0 amide bonds. The fraction of sp³-hybridized carbons (Fsp3) is 0.800. The molecule has 0 aliphatic heterocycles. The molecule has 4 nitrogen and oxygen atoms in total. The lowest BCUT2D eigenvalue weighted by Gasteiger charge is -2.29. The van der Waals surface area contributed by atoms with Crippen LogP contribution in [0.3, 0.4) is 0 Å². The molecule has 0 saturated heterocycles. The molecule has 0 aliphatic rings. The average molecular weight is 299 g/mol. The van der Waals surface area contributed by atoms with Gasteiger partial charge < -0.3 is 10.1 Å². The highest BCUT2D eigenvalue weighted by molar-refractivity contribution is 7.15. The number of anilines is 1. The van der Waals surface area contributed by atoms with Crippen LogP contribution in [-0.4, -0.2) is 42.7 Å². The zero-order valence-corrected chi connectivity index (χ0v) is 14.1. The van der Waals surface area contributed by atoms with E-state index in [2.05, 4.69) is 36.0 Å². The van der Waals surface area contributed by atoms with Crippen molar-refractivity contribution in [2.45, 2.75) is 52.6 Å². The van der Waals surface area contributed by atoms with Crippen LogP contribution < -0.4 is 5.32 Å². The molecule has 20 heavy (non-hydrogen) atoms. The maximum absolute atomic E-state index is 5.24. The summed E-state index contributed by atoms with van der Waals surface area (Å²) in [5.41, 5.74) is 0. The van der Waals surface area contributed by atoms with Gasteiger partial charge >= 0.3 is 0 Å². The SMILES string of the molecule is CCCNc1ncc(CN(CCOC)C(CC)CC)s1. The molecule has 1 heterocycles. The van der Waals surface area contributed by atoms with E-state index < -0.39 is 0 Å². The van der Waals surface area contributed by atoms with E-state index in [0.29, 0.717) is 6.04 Å². The van der Waals surface area contributed by atoms with Crippen molar-refractivity contribution in [1.82, 2.24) is 9.88 Å². The van der Waals surface area contributed by atoms with Crippen molar-refractivity contribution in [3.05, 3.63) is 11.1 Å². The summed E-state index contributed by atoms with van der Waals surface area (Å²) in [6.45, 7) is 10.4. The van der Waals surface area contributed by atoms with Gasteiger partial charge in [0.05, 0.1) is 6.61 Å². The van der Waals surface area contributed by atoms with Crippen LogP contribution in [-0.2, 0) is 11.3 Å². The van der Waals surface area contributed by atoms with E-state index in [4.69, 9.17) is 4.74 Å². The Morgan fingerprint density at radius 1 is 1.35 bits per heavy atom. The highest BCUT2D eigenvalue weighted by Crippen LogP contribution is 2.21. The van der Waals surface area contributed by atoms with Gasteiger partial charge in [-0.05, 0) is 19.3 Å². The lowest BCUT2D eigenvalue weighted by Crippen LogP contribution is -2.36. The fourth-order valence-corrected chi connectivity index (χ4v) is 3.16. The minimum absolute atomic E-state index is 0.624. The molecular formula is C15H29N3OS. The van der Waals surface area contributed by atoms with E-state index in [0.717, 1.165) is 37.8 Å². The average Bonchev–Trinajstić information content (AvgIpc) is 2.91. The van der Waals surface area contributed by atoms with Gasteiger partial charge in [-0.2, -0.15) is 0 Å². The number of methoxy groups -OCH3 is 1. The second-order valence-corrected chi connectivity index (χ2v) is 6.11. The fourth-order valence-electron chi connectivity index (χ4n) is 2.30. The molecule has 0 atom stereocenters. The molecule has 0 aromatic carbocycles. The van der Waals surface area contributed by atoms with Crippen molar-refractivity contribution in [2.24, 2.45) is 0 Å². The van der Waals surface area contributed by atoms with E-state index in [9.17, 15) is 0 Å². The molecule has 116 valence electrons. The Hall–Kier alpha value is -0.650. The normalized spacial score (nSPS) is 11.5. The number of hydrogen-bond acceptors (Lipinski definition) is 5. The Morgan fingerprint density at radius 2 is 2.10 bits per heavy atom. The Balaban J connectivity index is 2.60. The topological polar surface area (TPSA) is 37.4 Å². The summed E-state index contributed by atoms with van der Waals surface area (Å²) in [5, 5.41) is 4.39. The molecule has 5 heteroatoms. The van der Waals surface area contributed by atoms with Crippen LogP contribution in [0.15, 0.2) is 6.20 Å². The summed E-state index contributed by atoms with van der Waals surface area (Å²) in [4.78, 5) is 8.29. The zero-order chi connectivity index (χ0) is 14.8. The monoisotopic (exact) mass is 299 g/mol. The molecule has 0 aliphatic carbocycles. The number of aromatic nitrogens is 1. The summed E-state index contributed by atoms with van der Waals surface area (Å²) in [7, 11) is 1.77. The van der Waals surface area contributed by atoms with Crippen molar-refractivity contribution in [3.63, 3.8) is 0 Å². The second kappa shape index (κ2) is 10.1. The molecule has 0 spiro atoms. The molecule has 0 unspecified atom stereocenters. The van der Waals surface area contributed by atoms with Crippen molar-refractivity contribution in [1.29, 1.82) is 0 Å². The molecule has 0 radical (unpaired) electrons. The highest BCUT2D eigenvalue weighted by atomic mass is 32.1. The Bertz CT molecular complexity index is 353. The first kappa shape index (κ1) is 17.4. The molecule has 1 aromatic heterocycles.